The minimum Gasteiger partial charge on any atom is -0.223 e. The molecule has 0 unspecified atom stereocenters. The molecule has 2 aromatic rings. The molecular weight excluding hydrogens is 272 g/mol. The van der Waals surface area contributed by atoms with Crippen LogP contribution in [0.4, 0.5) is 0 Å². The second-order valence-corrected chi connectivity index (χ2v) is 7.60. The van der Waals surface area contributed by atoms with E-state index in [9.17, 15) is 8.42 Å². The van der Waals surface area contributed by atoms with Gasteiger partial charge in [-0.1, -0.05) is 59.8 Å². The van der Waals surface area contributed by atoms with Crippen molar-refractivity contribution in [1.29, 1.82) is 0 Å². The van der Waals surface area contributed by atoms with Crippen molar-refractivity contribution in [2.45, 2.75) is 4.90 Å². The Bertz CT molecular complexity index is 659. The van der Waals surface area contributed by atoms with E-state index >= 15 is 0 Å². The topological polar surface area (TPSA) is 34.1 Å². The maximum Gasteiger partial charge on any atom is 0.181 e. The molecule has 2 aromatic carbocycles. The lowest BCUT2D eigenvalue weighted by molar-refractivity contribution is 0.599. The summed E-state index contributed by atoms with van der Waals surface area (Å²) in [5.41, 5.74) is 1.03. The monoisotopic (exact) mass is 288 g/mol. The molecule has 0 bridgehead atoms. The van der Waals surface area contributed by atoms with E-state index in [1.54, 1.807) is 30.3 Å². The molecule has 0 N–H and O–H groups in total. The third kappa shape index (κ3) is 3.91. The van der Waals surface area contributed by atoms with Crippen LogP contribution in [0.3, 0.4) is 0 Å². The standard InChI is InChI=1S/C15H16O2SSi/c16-18(17,14-6-2-1-3-7-14)12-4-5-13-8-10-15(19)11-9-13/h1-11H,12H2,19H3. The normalized spacial score (nSPS) is 12.0. The fraction of sp³-hybridized carbons (Fsp3) is 0.0667. The molecular formula is C15H16O2SSi. The molecule has 0 aromatic heterocycles. The van der Waals surface area contributed by atoms with E-state index in [1.165, 1.54) is 5.19 Å². The molecule has 0 spiro atoms. The molecule has 0 saturated carbocycles. The highest BCUT2D eigenvalue weighted by atomic mass is 32.2. The lowest BCUT2D eigenvalue weighted by Gasteiger charge is -2.00. The highest BCUT2D eigenvalue weighted by molar-refractivity contribution is 7.91. The fourth-order valence-electron chi connectivity index (χ4n) is 1.71. The maximum absolute atomic E-state index is 12.0. The van der Waals surface area contributed by atoms with Gasteiger partial charge in [-0.05, 0) is 17.7 Å². The van der Waals surface area contributed by atoms with Crippen molar-refractivity contribution in [3.63, 3.8) is 0 Å². The van der Waals surface area contributed by atoms with Crippen LogP contribution in [0.25, 0.3) is 6.08 Å². The highest BCUT2D eigenvalue weighted by Gasteiger charge is 2.10. The van der Waals surface area contributed by atoms with Gasteiger partial charge in [-0.25, -0.2) is 8.42 Å². The Morgan fingerprint density at radius 2 is 1.58 bits per heavy atom. The van der Waals surface area contributed by atoms with Crippen LogP contribution in [0.2, 0.25) is 0 Å². The van der Waals surface area contributed by atoms with Crippen molar-refractivity contribution in [3.05, 3.63) is 66.2 Å². The average molecular weight is 288 g/mol. The van der Waals surface area contributed by atoms with Gasteiger partial charge >= 0.3 is 0 Å². The molecule has 2 rings (SSSR count). The van der Waals surface area contributed by atoms with Crippen LogP contribution in [-0.4, -0.2) is 24.4 Å². The lowest BCUT2D eigenvalue weighted by Crippen LogP contribution is -2.04. The molecule has 19 heavy (non-hydrogen) atoms. The summed E-state index contributed by atoms with van der Waals surface area (Å²) in [5.74, 6) is 0.0274. The predicted octanol–water partition coefficient (Wildman–Crippen LogP) is 1.16. The zero-order valence-corrected chi connectivity index (χ0v) is 13.6. The van der Waals surface area contributed by atoms with Gasteiger partial charge in [0, 0.05) is 10.2 Å². The minimum atomic E-state index is -3.22. The van der Waals surface area contributed by atoms with Gasteiger partial charge in [-0.15, -0.1) is 0 Å². The molecule has 0 heterocycles. The van der Waals surface area contributed by atoms with Crippen molar-refractivity contribution in [2.24, 2.45) is 0 Å². The minimum absolute atomic E-state index is 0.0274. The van der Waals surface area contributed by atoms with E-state index in [0.29, 0.717) is 4.90 Å². The number of hydrogen-bond donors (Lipinski definition) is 0. The third-order valence-electron chi connectivity index (χ3n) is 2.81. The van der Waals surface area contributed by atoms with Crippen LogP contribution in [-0.2, 0) is 9.84 Å². The van der Waals surface area contributed by atoms with Crippen molar-refractivity contribution in [3.8, 4) is 0 Å². The lowest BCUT2D eigenvalue weighted by atomic mass is 10.2. The molecule has 98 valence electrons. The molecule has 0 fully saturated rings. The fourth-order valence-corrected chi connectivity index (χ4v) is 3.16. The Morgan fingerprint density at radius 3 is 2.21 bits per heavy atom. The van der Waals surface area contributed by atoms with Gasteiger partial charge in [0.05, 0.1) is 10.6 Å². The first kappa shape index (κ1) is 13.8. The van der Waals surface area contributed by atoms with Crippen molar-refractivity contribution in [2.75, 3.05) is 5.75 Å². The molecule has 0 radical (unpaired) electrons. The predicted molar refractivity (Wildman–Crippen MR) is 83.5 cm³/mol. The van der Waals surface area contributed by atoms with Crippen molar-refractivity contribution in [1.82, 2.24) is 0 Å². The molecule has 0 aliphatic carbocycles. The van der Waals surface area contributed by atoms with Gasteiger partial charge < -0.3 is 0 Å². The summed E-state index contributed by atoms with van der Waals surface area (Å²) in [7, 11) is -2.19. The molecule has 0 aliphatic rings. The van der Waals surface area contributed by atoms with Gasteiger partial charge in [0.1, 0.15) is 0 Å². The zero-order chi connectivity index (χ0) is 13.7. The van der Waals surface area contributed by atoms with Crippen molar-refractivity contribution < 1.29 is 8.42 Å². The van der Waals surface area contributed by atoms with Crippen LogP contribution in [0.5, 0.6) is 0 Å². The molecule has 2 nitrogen and oxygen atoms in total. The second kappa shape index (κ2) is 5.99. The Balaban J connectivity index is 2.08. The quantitative estimate of drug-likeness (QED) is 0.791. The van der Waals surface area contributed by atoms with Crippen LogP contribution in [0.15, 0.2) is 65.6 Å². The molecule has 4 heteroatoms. The summed E-state index contributed by atoms with van der Waals surface area (Å²) >= 11 is 0. The first-order chi connectivity index (χ1) is 9.08. The van der Waals surface area contributed by atoms with E-state index < -0.39 is 9.84 Å². The van der Waals surface area contributed by atoms with Gasteiger partial charge in [-0.2, -0.15) is 0 Å². The van der Waals surface area contributed by atoms with Gasteiger partial charge in [0.15, 0.2) is 9.84 Å². The first-order valence-electron chi connectivity index (χ1n) is 6.09. The number of sulfone groups is 1. The van der Waals surface area contributed by atoms with Crippen LogP contribution >= 0.6 is 0 Å². The average Bonchev–Trinajstić information content (AvgIpc) is 2.42. The summed E-state index contributed by atoms with van der Waals surface area (Å²) in [4.78, 5) is 0.370. The highest BCUT2D eigenvalue weighted by Crippen LogP contribution is 2.11. The van der Waals surface area contributed by atoms with Crippen LogP contribution in [0, 0.1) is 0 Å². The van der Waals surface area contributed by atoms with E-state index in [4.69, 9.17) is 0 Å². The van der Waals surface area contributed by atoms with Gasteiger partial charge in [0.25, 0.3) is 0 Å². The Hall–Kier alpha value is -1.65. The van der Waals surface area contributed by atoms with Gasteiger partial charge in [0.2, 0.25) is 0 Å². The maximum atomic E-state index is 12.0. The largest absolute Gasteiger partial charge is 0.223 e. The van der Waals surface area contributed by atoms with E-state index in [-0.39, 0.29) is 5.75 Å². The Kier molecular flexibility index (Phi) is 4.34. The molecule has 0 atom stereocenters. The number of hydrogen-bond acceptors (Lipinski definition) is 2. The van der Waals surface area contributed by atoms with Crippen LogP contribution < -0.4 is 5.19 Å². The van der Waals surface area contributed by atoms with E-state index in [1.807, 2.05) is 24.3 Å². The Labute approximate surface area is 117 Å². The SMILES string of the molecule is O=S(=O)(CC=Cc1ccc([SiH3])cc1)c1ccccc1. The zero-order valence-electron chi connectivity index (χ0n) is 10.8. The first-order valence-corrected chi connectivity index (χ1v) is 8.74. The summed E-state index contributed by atoms with van der Waals surface area (Å²) in [6.45, 7) is 0. The smallest absolute Gasteiger partial charge is 0.181 e. The van der Waals surface area contributed by atoms with Crippen LogP contribution in [0.1, 0.15) is 5.56 Å². The number of rotatable bonds is 4. The van der Waals surface area contributed by atoms with E-state index in [2.05, 4.69) is 12.1 Å². The molecule has 0 saturated heterocycles. The second-order valence-electron chi connectivity index (χ2n) is 4.41. The van der Waals surface area contributed by atoms with Crippen molar-refractivity contribution >= 4 is 31.3 Å². The van der Waals surface area contributed by atoms with E-state index in [0.717, 1.165) is 15.8 Å². The third-order valence-corrected chi connectivity index (χ3v) is 5.09. The van der Waals surface area contributed by atoms with Gasteiger partial charge in [-0.3, -0.25) is 0 Å². The number of benzene rings is 2. The summed E-state index contributed by atoms with van der Waals surface area (Å²) in [6.07, 6.45) is 3.55. The molecule has 0 aliphatic heterocycles. The summed E-state index contributed by atoms with van der Waals surface area (Å²) in [6, 6.07) is 16.7. The molecule has 0 amide bonds. The summed E-state index contributed by atoms with van der Waals surface area (Å²) < 4.78 is 24.1. The Morgan fingerprint density at radius 1 is 0.947 bits per heavy atom. The summed E-state index contributed by atoms with van der Waals surface area (Å²) in [5, 5.41) is 1.33.